The smallest absolute Gasteiger partial charge is 0.246 e. The third kappa shape index (κ3) is 2.37. The van der Waals surface area contributed by atoms with Crippen molar-refractivity contribution in [3.8, 4) is 0 Å². The molecule has 3 heterocycles. The van der Waals surface area contributed by atoms with Gasteiger partial charge in [-0.25, -0.2) is 4.98 Å². The van der Waals surface area contributed by atoms with E-state index in [2.05, 4.69) is 19.4 Å². The first kappa shape index (κ1) is 13.3. The highest BCUT2D eigenvalue weighted by molar-refractivity contribution is 5.83. The molecule has 1 atom stereocenters. The van der Waals surface area contributed by atoms with Crippen molar-refractivity contribution in [2.24, 2.45) is 13.0 Å². The monoisotopic (exact) mass is 288 g/mol. The summed E-state index contributed by atoms with van der Waals surface area (Å²) >= 11 is 0. The van der Waals surface area contributed by atoms with E-state index in [1.807, 2.05) is 13.4 Å². The van der Waals surface area contributed by atoms with Crippen LogP contribution in [0, 0.1) is 5.92 Å². The van der Waals surface area contributed by atoms with Crippen LogP contribution in [0.3, 0.4) is 0 Å². The minimum absolute atomic E-state index is 0.0973. The number of carbonyl (C=O) groups excluding carboxylic acids is 1. The highest BCUT2D eigenvalue weighted by Gasteiger charge is 2.40. The average Bonchev–Trinajstić information content (AvgIpc) is 3.00. The SMILES string of the molecule is Cn1cnc2c1[C@H](C(=O)N1CCCC1)N(CC1CC1)CC2. The van der Waals surface area contributed by atoms with Gasteiger partial charge in [-0.3, -0.25) is 9.69 Å². The second kappa shape index (κ2) is 5.13. The molecule has 0 bridgehead atoms. The normalized spacial score (nSPS) is 26.1. The Morgan fingerprint density at radius 2 is 2.05 bits per heavy atom. The molecule has 0 spiro atoms. The van der Waals surface area contributed by atoms with Crippen molar-refractivity contribution in [1.82, 2.24) is 19.4 Å². The van der Waals surface area contributed by atoms with E-state index in [4.69, 9.17) is 0 Å². The minimum atomic E-state index is -0.0973. The lowest BCUT2D eigenvalue weighted by Gasteiger charge is -2.37. The lowest BCUT2D eigenvalue weighted by atomic mass is 10.0. The van der Waals surface area contributed by atoms with Crippen LogP contribution in [-0.2, 0) is 18.3 Å². The average molecular weight is 288 g/mol. The molecule has 1 saturated carbocycles. The molecular weight excluding hydrogens is 264 g/mol. The molecule has 3 aliphatic rings. The summed E-state index contributed by atoms with van der Waals surface area (Å²) in [7, 11) is 2.02. The summed E-state index contributed by atoms with van der Waals surface area (Å²) in [6, 6.07) is -0.0973. The lowest BCUT2D eigenvalue weighted by molar-refractivity contribution is -0.137. The third-order valence-electron chi connectivity index (χ3n) is 5.16. The summed E-state index contributed by atoms with van der Waals surface area (Å²) in [6.07, 6.45) is 7.82. The van der Waals surface area contributed by atoms with Crippen LogP contribution >= 0.6 is 0 Å². The van der Waals surface area contributed by atoms with E-state index in [9.17, 15) is 4.79 Å². The molecule has 0 unspecified atom stereocenters. The summed E-state index contributed by atoms with van der Waals surface area (Å²) in [5.74, 6) is 1.12. The Hall–Kier alpha value is -1.36. The van der Waals surface area contributed by atoms with Crippen LogP contribution in [0.15, 0.2) is 6.33 Å². The van der Waals surface area contributed by atoms with E-state index in [0.29, 0.717) is 5.91 Å². The first-order valence-electron chi connectivity index (χ1n) is 8.27. The van der Waals surface area contributed by atoms with E-state index in [-0.39, 0.29) is 6.04 Å². The molecule has 4 rings (SSSR count). The van der Waals surface area contributed by atoms with E-state index in [1.54, 1.807) is 0 Å². The number of carbonyl (C=O) groups is 1. The summed E-state index contributed by atoms with van der Waals surface area (Å²) in [5.41, 5.74) is 2.26. The molecule has 114 valence electrons. The quantitative estimate of drug-likeness (QED) is 0.843. The summed E-state index contributed by atoms with van der Waals surface area (Å²) in [5, 5.41) is 0. The van der Waals surface area contributed by atoms with Gasteiger partial charge in [0.15, 0.2) is 0 Å². The molecule has 21 heavy (non-hydrogen) atoms. The van der Waals surface area contributed by atoms with Gasteiger partial charge in [-0.05, 0) is 31.6 Å². The van der Waals surface area contributed by atoms with Gasteiger partial charge in [0.2, 0.25) is 5.91 Å². The van der Waals surface area contributed by atoms with Gasteiger partial charge in [0.05, 0.1) is 17.7 Å². The van der Waals surface area contributed by atoms with Crippen molar-refractivity contribution in [2.75, 3.05) is 26.2 Å². The number of nitrogens with zero attached hydrogens (tertiary/aromatic N) is 4. The number of hydrogen-bond donors (Lipinski definition) is 0. The fourth-order valence-electron chi connectivity index (χ4n) is 3.80. The summed E-state index contributed by atoms with van der Waals surface area (Å²) in [6.45, 7) is 3.92. The van der Waals surface area contributed by atoms with Crippen LogP contribution in [0.5, 0.6) is 0 Å². The second-order valence-electron chi connectivity index (χ2n) is 6.81. The summed E-state index contributed by atoms with van der Waals surface area (Å²) in [4.78, 5) is 22.1. The number of likely N-dealkylation sites (tertiary alicyclic amines) is 1. The Bertz CT molecular complexity index is 542. The van der Waals surface area contributed by atoms with Gasteiger partial charge < -0.3 is 9.47 Å². The topological polar surface area (TPSA) is 41.4 Å². The Labute approximate surface area is 125 Å². The number of imidazole rings is 1. The van der Waals surface area contributed by atoms with Gasteiger partial charge in [-0.15, -0.1) is 0 Å². The molecule has 0 N–H and O–H groups in total. The van der Waals surface area contributed by atoms with E-state index in [0.717, 1.165) is 62.7 Å². The molecule has 5 heteroatoms. The Morgan fingerprint density at radius 1 is 1.29 bits per heavy atom. The molecule has 2 fully saturated rings. The molecule has 5 nitrogen and oxygen atoms in total. The number of amides is 1. The second-order valence-corrected chi connectivity index (χ2v) is 6.81. The molecule has 2 aliphatic heterocycles. The predicted octanol–water partition coefficient (Wildman–Crippen LogP) is 1.35. The largest absolute Gasteiger partial charge is 0.341 e. The van der Waals surface area contributed by atoms with Gasteiger partial charge in [-0.1, -0.05) is 0 Å². The van der Waals surface area contributed by atoms with Gasteiger partial charge >= 0.3 is 0 Å². The Kier molecular flexibility index (Phi) is 3.25. The van der Waals surface area contributed by atoms with Crippen molar-refractivity contribution in [2.45, 2.75) is 38.1 Å². The van der Waals surface area contributed by atoms with Crippen LogP contribution in [0.25, 0.3) is 0 Å². The number of fused-ring (bicyclic) bond motifs is 1. The van der Waals surface area contributed by atoms with Crippen LogP contribution in [0.2, 0.25) is 0 Å². The van der Waals surface area contributed by atoms with E-state index >= 15 is 0 Å². The predicted molar refractivity (Wildman–Crippen MR) is 79.8 cm³/mol. The van der Waals surface area contributed by atoms with Gasteiger partial charge in [0.25, 0.3) is 0 Å². The van der Waals surface area contributed by atoms with Gasteiger partial charge in [0.1, 0.15) is 6.04 Å². The molecular formula is C16H24N4O. The van der Waals surface area contributed by atoms with Crippen LogP contribution in [0.4, 0.5) is 0 Å². The number of aromatic nitrogens is 2. The molecule has 1 saturated heterocycles. The number of rotatable bonds is 3. The van der Waals surface area contributed by atoms with Crippen LogP contribution in [-0.4, -0.2) is 51.4 Å². The zero-order valence-corrected chi connectivity index (χ0v) is 12.8. The van der Waals surface area contributed by atoms with E-state index < -0.39 is 0 Å². The van der Waals surface area contributed by atoms with Crippen molar-refractivity contribution in [1.29, 1.82) is 0 Å². The first-order chi connectivity index (χ1) is 10.2. The summed E-state index contributed by atoms with van der Waals surface area (Å²) < 4.78 is 2.06. The number of hydrogen-bond acceptors (Lipinski definition) is 3. The molecule has 1 aromatic heterocycles. The van der Waals surface area contributed by atoms with Crippen molar-refractivity contribution >= 4 is 5.91 Å². The van der Waals surface area contributed by atoms with Crippen molar-refractivity contribution in [3.05, 3.63) is 17.7 Å². The molecule has 1 amide bonds. The minimum Gasteiger partial charge on any atom is -0.341 e. The maximum Gasteiger partial charge on any atom is 0.246 e. The first-order valence-corrected chi connectivity index (χ1v) is 8.27. The zero-order chi connectivity index (χ0) is 14.4. The van der Waals surface area contributed by atoms with Crippen molar-refractivity contribution < 1.29 is 4.79 Å². The molecule has 1 aromatic rings. The third-order valence-corrected chi connectivity index (χ3v) is 5.16. The molecule has 1 aliphatic carbocycles. The van der Waals surface area contributed by atoms with Gasteiger partial charge in [-0.2, -0.15) is 0 Å². The molecule has 0 radical (unpaired) electrons. The van der Waals surface area contributed by atoms with Crippen LogP contribution < -0.4 is 0 Å². The van der Waals surface area contributed by atoms with Crippen molar-refractivity contribution in [3.63, 3.8) is 0 Å². The Morgan fingerprint density at radius 3 is 2.76 bits per heavy atom. The fourth-order valence-corrected chi connectivity index (χ4v) is 3.80. The maximum atomic E-state index is 13.1. The van der Waals surface area contributed by atoms with E-state index in [1.165, 1.54) is 12.8 Å². The lowest BCUT2D eigenvalue weighted by Crippen LogP contribution is -2.46. The fraction of sp³-hybridized carbons (Fsp3) is 0.750. The van der Waals surface area contributed by atoms with Crippen LogP contribution in [0.1, 0.15) is 43.1 Å². The highest BCUT2D eigenvalue weighted by Crippen LogP contribution is 2.36. The number of aryl methyl sites for hydroxylation is 1. The highest BCUT2D eigenvalue weighted by atomic mass is 16.2. The van der Waals surface area contributed by atoms with Gasteiger partial charge in [0, 0.05) is 39.6 Å². The molecule has 0 aromatic carbocycles. The maximum absolute atomic E-state index is 13.1. The standard InChI is InChI=1S/C16H24N4O/c1-18-11-17-13-6-9-20(10-12-4-5-12)15(14(13)18)16(21)19-7-2-3-8-19/h11-12,15H,2-10H2,1H3/t15-/m1/s1. The Balaban J connectivity index is 1.66. The zero-order valence-electron chi connectivity index (χ0n) is 12.8.